The third-order valence-electron chi connectivity index (χ3n) is 4.73. The molecule has 0 aliphatic carbocycles. The number of carbonyl (C=O) groups excluding carboxylic acids is 2. The van der Waals surface area contributed by atoms with Gasteiger partial charge in [-0.15, -0.1) is 0 Å². The SMILES string of the molecule is Cc1nn(-c2ccc(F)cc2)c(Cl)c1C(=O)OCC(=O)N1CCCC[C@@H]1C. The molecule has 6 nitrogen and oxygen atoms in total. The normalized spacial score (nSPS) is 17.0. The van der Waals surface area contributed by atoms with Crippen molar-refractivity contribution in [3.63, 3.8) is 0 Å². The van der Waals surface area contributed by atoms with Gasteiger partial charge in [-0.2, -0.15) is 5.10 Å². The molecule has 0 spiro atoms. The van der Waals surface area contributed by atoms with Gasteiger partial charge in [-0.1, -0.05) is 11.6 Å². The molecule has 2 heterocycles. The number of hydrogen-bond donors (Lipinski definition) is 0. The fourth-order valence-electron chi connectivity index (χ4n) is 3.24. The van der Waals surface area contributed by atoms with Gasteiger partial charge in [0.05, 0.1) is 11.4 Å². The van der Waals surface area contributed by atoms with Gasteiger partial charge in [-0.3, -0.25) is 4.79 Å². The molecule has 27 heavy (non-hydrogen) atoms. The summed E-state index contributed by atoms with van der Waals surface area (Å²) in [7, 11) is 0. The van der Waals surface area contributed by atoms with Crippen LogP contribution in [0.1, 0.15) is 42.2 Å². The molecule has 2 aromatic rings. The molecule has 144 valence electrons. The van der Waals surface area contributed by atoms with Crippen LogP contribution in [0, 0.1) is 12.7 Å². The van der Waals surface area contributed by atoms with Gasteiger partial charge in [0, 0.05) is 12.6 Å². The van der Waals surface area contributed by atoms with Gasteiger partial charge in [0.25, 0.3) is 5.91 Å². The first kappa shape index (κ1) is 19.4. The van der Waals surface area contributed by atoms with E-state index in [4.69, 9.17) is 16.3 Å². The molecular weight excluding hydrogens is 373 g/mol. The van der Waals surface area contributed by atoms with Crippen molar-refractivity contribution in [2.75, 3.05) is 13.2 Å². The van der Waals surface area contributed by atoms with E-state index in [1.807, 2.05) is 6.92 Å². The minimum Gasteiger partial charge on any atom is -0.452 e. The third-order valence-corrected chi connectivity index (χ3v) is 5.08. The molecule has 1 amide bonds. The first-order chi connectivity index (χ1) is 12.9. The maximum atomic E-state index is 13.1. The Labute approximate surface area is 161 Å². The molecule has 0 saturated carbocycles. The number of nitrogens with zero attached hydrogens (tertiary/aromatic N) is 3. The minimum absolute atomic E-state index is 0.0582. The number of amides is 1. The largest absolute Gasteiger partial charge is 0.452 e. The van der Waals surface area contributed by atoms with Crippen molar-refractivity contribution in [3.05, 3.63) is 46.5 Å². The predicted octanol–water partition coefficient (Wildman–Crippen LogP) is 3.53. The molecule has 1 fully saturated rings. The van der Waals surface area contributed by atoms with Gasteiger partial charge in [0.15, 0.2) is 6.61 Å². The fourth-order valence-corrected chi connectivity index (χ4v) is 3.58. The van der Waals surface area contributed by atoms with E-state index in [-0.39, 0.29) is 35.1 Å². The van der Waals surface area contributed by atoms with E-state index in [0.29, 0.717) is 17.9 Å². The van der Waals surface area contributed by atoms with Crippen LogP contribution < -0.4 is 0 Å². The third kappa shape index (κ3) is 4.13. The van der Waals surface area contributed by atoms with Crippen LogP contribution in [0.4, 0.5) is 4.39 Å². The second-order valence-electron chi connectivity index (χ2n) is 6.65. The number of ether oxygens (including phenoxy) is 1. The van der Waals surface area contributed by atoms with E-state index in [1.165, 1.54) is 28.9 Å². The zero-order valence-electron chi connectivity index (χ0n) is 15.2. The number of halogens is 2. The highest BCUT2D eigenvalue weighted by Gasteiger charge is 2.26. The highest BCUT2D eigenvalue weighted by atomic mass is 35.5. The lowest BCUT2D eigenvalue weighted by atomic mass is 10.0. The Kier molecular flexibility index (Phi) is 5.79. The molecule has 0 unspecified atom stereocenters. The Morgan fingerprint density at radius 3 is 2.67 bits per heavy atom. The number of carbonyl (C=O) groups is 2. The average Bonchev–Trinajstić information content (AvgIpc) is 2.95. The Hall–Kier alpha value is -2.41. The van der Waals surface area contributed by atoms with Crippen LogP contribution in [0.2, 0.25) is 5.15 Å². The highest BCUT2D eigenvalue weighted by molar-refractivity contribution is 6.33. The summed E-state index contributed by atoms with van der Waals surface area (Å²) in [5.74, 6) is -1.30. The number of aryl methyl sites for hydroxylation is 1. The van der Waals surface area contributed by atoms with E-state index in [2.05, 4.69) is 5.10 Å². The Balaban J connectivity index is 1.71. The molecule has 1 aromatic carbocycles. The first-order valence-corrected chi connectivity index (χ1v) is 9.24. The summed E-state index contributed by atoms with van der Waals surface area (Å²) in [5, 5.41) is 4.28. The molecule has 0 N–H and O–H groups in total. The summed E-state index contributed by atoms with van der Waals surface area (Å²) in [6, 6.07) is 5.71. The van der Waals surface area contributed by atoms with Crippen LogP contribution in [-0.4, -0.2) is 45.8 Å². The molecule has 0 bridgehead atoms. The Morgan fingerprint density at radius 2 is 2.00 bits per heavy atom. The number of esters is 1. The second-order valence-corrected chi connectivity index (χ2v) is 7.01. The second kappa shape index (κ2) is 8.08. The molecule has 0 radical (unpaired) electrons. The molecule has 1 aromatic heterocycles. The number of piperidine rings is 1. The van der Waals surface area contributed by atoms with Crippen molar-refractivity contribution >= 4 is 23.5 Å². The van der Waals surface area contributed by atoms with E-state index in [9.17, 15) is 14.0 Å². The van der Waals surface area contributed by atoms with Crippen molar-refractivity contribution < 1.29 is 18.7 Å². The van der Waals surface area contributed by atoms with E-state index >= 15 is 0 Å². The zero-order chi connectivity index (χ0) is 19.6. The Bertz CT molecular complexity index is 851. The fraction of sp³-hybridized carbons (Fsp3) is 0.421. The number of benzene rings is 1. The molecule has 1 atom stereocenters. The first-order valence-electron chi connectivity index (χ1n) is 8.86. The van der Waals surface area contributed by atoms with Crippen molar-refractivity contribution in [1.82, 2.24) is 14.7 Å². The van der Waals surface area contributed by atoms with Crippen LogP contribution in [0.15, 0.2) is 24.3 Å². The number of aromatic nitrogens is 2. The van der Waals surface area contributed by atoms with Crippen molar-refractivity contribution in [1.29, 1.82) is 0 Å². The van der Waals surface area contributed by atoms with Crippen LogP contribution >= 0.6 is 11.6 Å². The van der Waals surface area contributed by atoms with Crippen LogP contribution in [0.5, 0.6) is 0 Å². The number of rotatable bonds is 4. The average molecular weight is 394 g/mol. The summed E-state index contributed by atoms with van der Waals surface area (Å²) in [6.45, 7) is 3.96. The summed E-state index contributed by atoms with van der Waals surface area (Å²) in [4.78, 5) is 26.5. The molecular formula is C19H21ClFN3O3. The van der Waals surface area contributed by atoms with Crippen LogP contribution in [0.3, 0.4) is 0 Å². The lowest BCUT2D eigenvalue weighted by Gasteiger charge is -2.33. The minimum atomic E-state index is -0.705. The topological polar surface area (TPSA) is 64.4 Å². The standard InChI is InChI=1S/C19H21ClFN3O3/c1-12-5-3-4-10-23(12)16(25)11-27-19(26)17-13(2)22-24(18(17)20)15-8-6-14(21)7-9-15/h6-9,12H,3-5,10-11H2,1-2H3/t12-/m0/s1. The van der Waals surface area contributed by atoms with Gasteiger partial charge >= 0.3 is 5.97 Å². The molecule has 1 aliphatic rings. The van der Waals surface area contributed by atoms with E-state index in [0.717, 1.165) is 19.3 Å². The highest BCUT2D eigenvalue weighted by Crippen LogP contribution is 2.24. The van der Waals surface area contributed by atoms with Gasteiger partial charge in [-0.25, -0.2) is 13.9 Å². The lowest BCUT2D eigenvalue weighted by molar-refractivity contribution is -0.137. The summed E-state index contributed by atoms with van der Waals surface area (Å²) in [6.07, 6.45) is 3.01. The molecule has 1 saturated heterocycles. The molecule has 8 heteroatoms. The van der Waals surface area contributed by atoms with E-state index < -0.39 is 5.97 Å². The van der Waals surface area contributed by atoms with Gasteiger partial charge in [0.2, 0.25) is 0 Å². The van der Waals surface area contributed by atoms with Crippen molar-refractivity contribution in [3.8, 4) is 5.69 Å². The van der Waals surface area contributed by atoms with Gasteiger partial charge in [-0.05, 0) is 57.4 Å². The zero-order valence-corrected chi connectivity index (χ0v) is 16.0. The van der Waals surface area contributed by atoms with Gasteiger partial charge < -0.3 is 9.64 Å². The summed E-state index contributed by atoms with van der Waals surface area (Å²) in [5.41, 5.74) is 0.982. The van der Waals surface area contributed by atoms with Crippen molar-refractivity contribution in [2.24, 2.45) is 0 Å². The predicted molar refractivity (Wildman–Crippen MR) is 98.6 cm³/mol. The summed E-state index contributed by atoms with van der Waals surface area (Å²) < 4.78 is 19.6. The van der Waals surface area contributed by atoms with Crippen molar-refractivity contribution in [2.45, 2.75) is 39.2 Å². The summed E-state index contributed by atoms with van der Waals surface area (Å²) >= 11 is 6.30. The van der Waals surface area contributed by atoms with Crippen LogP contribution in [0.25, 0.3) is 5.69 Å². The maximum absolute atomic E-state index is 13.1. The molecule has 1 aliphatic heterocycles. The maximum Gasteiger partial charge on any atom is 0.343 e. The van der Waals surface area contributed by atoms with Gasteiger partial charge in [0.1, 0.15) is 16.5 Å². The number of likely N-dealkylation sites (tertiary alicyclic amines) is 1. The number of hydrogen-bond acceptors (Lipinski definition) is 4. The van der Waals surface area contributed by atoms with Crippen LogP contribution in [-0.2, 0) is 9.53 Å². The molecule has 3 rings (SSSR count). The smallest absolute Gasteiger partial charge is 0.343 e. The Morgan fingerprint density at radius 1 is 1.30 bits per heavy atom. The monoisotopic (exact) mass is 393 g/mol. The lowest BCUT2D eigenvalue weighted by Crippen LogP contribution is -2.44. The van der Waals surface area contributed by atoms with E-state index in [1.54, 1.807) is 11.8 Å². The quantitative estimate of drug-likeness (QED) is 0.745.